The molecule has 1 fully saturated rings. The van der Waals surface area contributed by atoms with Crippen LogP contribution in [0.15, 0.2) is 48.6 Å². The van der Waals surface area contributed by atoms with Crippen LogP contribution in [0, 0.1) is 0 Å². The molecule has 0 aromatic heterocycles. The Hall–Kier alpha value is -4.27. The van der Waals surface area contributed by atoms with Crippen LogP contribution in [0.5, 0.6) is 11.5 Å². The maximum absolute atomic E-state index is 12.3. The summed E-state index contributed by atoms with van der Waals surface area (Å²) in [7, 11) is 2.67. The summed E-state index contributed by atoms with van der Waals surface area (Å²) in [5, 5.41) is 9.84. The molecule has 0 spiro atoms. The number of phenols is 1. The van der Waals surface area contributed by atoms with Crippen LogP contribution in [0.3, 0.4) is 0 Å². The summed E-state index contributed by atoms with van der Waals surface area (Å²) >= 11 is 0. The van der Waals surface area contributed by atoms with Crippen molar-refractivity contribution < 1.29 is 38.4 Å². The van der Waals surface area contributed by atoms with Crippen LogP contribution >= 0.6 is 0 Å². The molecule has 2 aromatic rings. The average molecular weight is 652 g/mol. The van der Waals surface area contributed by atoms with Gasteiger partial charge in [0.05, 0.1) is 14.2 Å². The van der Waals surface area contributed by atoms with Crippen molar-refractivity contribution in [2.45, 2.75) is 97.7 Å². The van der Waals surface area contributed by atoms with Gasteiger partial charge in [0.25, 0.3) is 0 Å². The topological polar surface area (TPSA) is 112 Å². The summed E-state index contributed by atoms with van der Waals surface area (Å²) in [6.45, 7) is 19.5. The van der Waals surface area contributed by atoms with Crippen LogP contribution in [0.4, 0.5) is 4.79 Å². The molecule has 0 bridgehead atoms. The van der Waals surface area contributed by atoms with Crippen LogP contribution in [-0.2, 0) is 34.6 Å². The number of hydrogen-bond acceptors (Lipinski definition) is 8. The van der Waals surface area contributed by atoms with E-state index in [9.17, 15) is 19.5 Å². The highest BCUT2D eigenvalue weighted by Crippen LogP contribution is 2.32. The number of methoxy groups -OCH3 is 2. The minimum Gasteiger partial charge on any atom is -0.507 e. The van der Waals surface area contributed by atoms with Gasteiger partial charge >= 0.3 is 18.0 Å². The molecular weight excluding hydrogens is 598 g/mol. The lowest BCUT2D eigenvalue weighted by Crippen LogP contribution is -2.44. The number of likely N-dealkylation sites (tertiary alicyclic amines) is 1. The fraction of sp³-hybridized carbons (Fsp3) is 0.500. The van der Waals surface area contributed by atoms with Crippen LogP contribution in [0.1, 0.15) is 97.4 Å². The van der Waals surface area contributed by atoms with E-state index in [0.29, 0.717) is 18.7 Å². The maximum Gasteiger partial charge on any atom is 0.410 e. The van der Waals surface area contributed by atoms with Gasteiger partial charge in [0.1, 0.15) is 23.2 Å². The molecule has 0 radical (unpaired) electrons. The van der Waals surface area contributed by atoms with Gasteiger partial charge < -0.3 is 29.0 Å². The molecule has 0 atom stereocenters. The Bertz CT molecular complexity index is 1430. The molecule has 0 unspecified atom stereocenters. The van der Waals surface area contributed by atoms with Crippen molar-refractivity contribution in [3.8, 4) is 11.5 Å². The van der Waals surface area contributed by atoms with E-state index in [4.69, 9.17) is 14.2 Å². The molecule has 9 heteroatoms. The highest BCUT2D eigenvalue weighted by Gasteiger charge is 2.28. The number of ether oxygens (including phenoxy) is 4. The Labute approximate surface area is 280 Å². The summed E-state index contributed by atoms with van der Waals surface area (Å²) in [5.41, 5.74) is 3.08. The van der Waals surface area contributed by atoms with E-state index in [0.717, 1.165) is 35.3 Å². The van der Waals surface area contributed by atoms with Crippen molar-refractivity contribution in [2.75, 3.05) is 27.3 Å². The number of carbonyl (C=O) groups excluding carboxylic acids is 3. The van der Waals surface area contributed by atoms with Crippen LogP contribution in [0.25, 0.3) is 12.2 Å². The first-order valence-corrected chi connectivity index (χ1v) is 15.9. The normalized spacial score (nSPS) is 14.4. The Morgan fingerprint density at radius 1 is 0.745 bits per heavy atom. The number of rotatable bonds is 6. The number of benzene rings is 2. The smallest absolute Gasteiger partial charge is 0.410 e. The highest BCUT2D eigenvalue weighted by atomic mass is 16.6. The van der Waals surface area contributed by atoms with Crippen LogP contribution in [-0.4, -0.2) is 67.1 Å². The molecule has 1 saturated heterocycles. The summed E-state index contributed by atoms with van der Waals surface area (Å²) in [6.07, 6.45) is 7.08. The Morgan fingerprint density at radius 3 is 1.66 bits per heavy atom. The van der Waals surface area contributed by atoms with E-state index in [1.165, 1.54) is 32.4 Å². The number of phenolic OH excluding ortho intramolecular Hbond substituents is 1. The number of nitrogens with zero attached hydrogens (tertiary/aromatic N) is 1. The minimum absolute atomic E-state index is 0.0100. The van der Waals surface area contributed by atoms with E-state index >= 15 is 0 Å². The van der Waals surface area contributed by atoms with Crippen LogP contribution < -0.4 is 4.74 Å². The molecule has 258 valence electrons. The van der Waals surface area contributed by atoms with Gasteiger partial charge in [-0.1, -0.05) is 65.8 Å². The predicted octanol–water partition coefficient (Wildman–Crippen LogP) is 7.82. The molecule has 1 N–H and O–H groups in total. The molecule has 2 aromatic carbocycles. The number of aromatic hydroxyl groups is 1. The number of esters is 2. The van der Waals surface area contributed by atoms with Crippen molar-refractivity contribution in [3.05, 3.63) is 70.8 Å². The maximum atomic E-state index is 12.3. The zero-order chi connectivity index (χ0) is 35.6. The SMILES string of the molecule is COC(=O)C=Cc1ccc(C(C)(C)C)cc1O.COC(=O)C=Cc1ccc(C(C)(C)C)cc1OC1CCN(C(=O)OC(C)(C)C)CC1. The van der Waals surface area contributed by atoms with Crippen molar-refractivity contribution >= 4 is 30.2 Å². The van der Waals surface area contributed by atoms with Gasteiger partial charge in [-0.2, -0.15) is 0 Å². The molecule has 3 rings (SSSR count). The van der Waals surface area contributed by atoms with Gasteiger partial charge in [0.2, 0.25) is 0 Å². The van der Waals surface area contributed by atoms with Gasteiger partial charge in [0, 0.05) is 49.2 Å². The van der Waals surface area contributed by atoms with Gasteiger partial charge in [0.15, 0.2) is 0 Å². The zero-order valence-corrected chi connectivity index (χ0v) is 29.9. The summed E-state index contributed by atoms with van der Waals surface area (Å²) in [5.74, 6) is 0.0479. The highest BCUT2D eigenvalue weighted by molar-refractivity contribution is 5.88. The van der Waals surface area contributed by atoms with Crippen LogP contribution in [0.2, 0.25) is 0 Å². The Balaban J connectivity index is 0.000000382. The fourth-order valence-electron chi connectivity index (χ4n) is 4.51. The molecule has 0 saturated carbocycles. The quantitative estimate of drug-likeness (QED) is 0.191. The van der Waals surface area contributed by atoms with E-state index < -0.39 is 17.5 Å². The first-order chi connectivity index (χ1) is 21.7. The minimum atomic E-state index is -0.501. The molecule has 47 heavy (non-hydrogen) atoms. The third kappa shape index (κ3) is 13.2. The van der Waals surface area contributed by atoms with Crippen molar-refractivity contribution in [1.82, 2.24) is 4.90 Å². The van der Waals surface area contributed by atoms with E-state index in [2.05, 4.69) is 52.3 Å². The molecule has 1 aliphatic heterocycles. The average Bonchev–Trinajstić information content (AvgIpc) is 2.98. The number of hydrogen-bond donors (Lipinski definition) is 1. The molecule has 1 aliphatic rings. The lowest BCUT2D eigenvalue weighted by atomic mass is 9.86. The van der Waals surface area contributed by atoms with Gasteiger partial charge in [-0.25, -0.2) is 14.4 Å². The first kappa shape index (κ1) is 38.9. The van der Waals surface area contributed by atoms with Crippen molar-refractivity contribution in [3.63, 3.8) is 0 Å². The third-order valence-electron chi connectivity index (χ3n) is 7.36. The summed E-state index contributed by atoms with van der Waals surface area (Å²) in [4.78, 5) is 36.5. The molecular formula is C38H53NO8. The van der Waals surface area contributed by atoms with Crippen molar-refractivity contribution in [2.24, 2.45) is 0 Å². The van der Waals surface area contributed by atoms with Gasteiger partial charge in [-0.05, 0) is 67.0 Å². The lowest BCUT2D eigenvalue weighted by molar-refractivity contribution is -0.135. The van der Waals surface area contributed by atoms with E-state index in [1.54, 1.807) is 23.1 Å². The molecule has 1 amide bonds. The van der Waals surface area contributed by atoms with E-state index in [-0.39, 0.29) is 28.8 Å². The third-order valence-corrected chi connectivity index (χ3v) is 7.36. The van der Waals surface area contributed by atoms with Gasteiger partial charge in [-0.15, -0.1) is 0 Å². The summed E-state index contributed by atoms with van der Waals surface area (Å²) in [6, 6.07) is 11.5. The Kier molecular flexibility index (Phi) is 13.7. The number of piperidine rings is 1. The molecule has 9 nitrogen and oxygen atoms in total. The van der Waals surface area contributed by atoms with Gasteiger partial charge in [-0.3, -0.25) is 0 Å². The largest absolute Gasteiger partial charge is 0.507 e. The zero-order valence-electron chi connectivity index (χ0n) is 29.9. The second kappa shape index (κ2) is 16.5. The molecule has 1 heterocycles. The summed E-state index contributed by atoms with van der Waals surface area (Å²) < 4.78 is 21.0. The van der Waals surface area contributed by atoms with Crippen molar-refractivity contribution in [1.29, 1.82) is 0 Å². The van der Waals surface area contributed by atoms with E-state index in [1.807, 2.05) is 39.0 Å². The fourth-order valence-corrected chi connectivity index (χ4v) is 4.51. The predicted molar refractivity (Wildman–Crippen MR) is 186 cm³/mol. The Morgan fingerprint density at radius 2 is 1.21 bits per heavy atom. The molecule has 0 aliphatic carbocycles. The number of carbonyl (C=O) groups is 3. The standard InChI is InChI=1S/C24H35NO5.C14H18O3/c1-23(2,3)18-10-8-17(9-11-21(26)28-7)20(16-18)29-19-12-14-25(15-13-19)22(27)30-24(4,5)6;1-14(2,3)11-7-5-10(12(15)9-11)6-8-13(16)17-4/h8-11,16,19H,12-15H2,1-7H3;5-9,15H,1-4H3. The first-order valence-electron chi connectivity index (χ1n) is 15.9. The lowest BCUT2D eigenvalue weighted by Gasteiger charge is -2.34. The second-order valence-electron chi connectivity index (χ2n) is 14.5. The monoisotopic (exact) mass is 651 g/mol. The number of amides is 1. The second-order valence-corrected chi connectivity index (χ2v) is 14.5.